The monoisotopic (exact) mass is 624 g/mol. The van der Waals surface area contributed by atoms with Crippen molar-refractivity contribution in [1.82, 2.24) is 0 Å². The van der Waals surface area contributed by atoms with E-state index in [4.69, 9.17) is 5.26 Å². The van der Waals surface area contributed by atoms with Crippen LogP contribution in [0.1, 0.15) is 0 Å². The van der Waals surface area contributed by atoms with Gasteiger partial charge in [0.15, 0.2) is 0 Å². The molecule has 0 bridgehead atoms. The van der Waals surface area contributed by atoms with Crippen molar-refractivity contribution in [3.8, 4) is 21.6 Å². The lowest BCUT2D eigenvalue weighted by atomic mass is 10.1. The molecule has 1 N–H and O–H groups in total. The van der Waals surface area contributed by atoms with Crippen LogP contribution in [-0.4, -0.2) is 0 Å². The second-order valence-corrected chi connectivity index (χ2v) is 13.8. The molecule has 6 rings (SSSR count). The highest BCUT2D eigenvalue weighted by molar-refractivity contribution is 8.04. The van der Waals surface area contributed by atoms with Crippen LogP contribution < -0.4 is 10.2 Å². The molecule has 2 aliphatic rings. The summed E-state index contributed by atoms with van der Waals surface area (Å²) in [6.07, 6.45) is 0. The minimum atomic E-state index is 0.811. The molecule has 0 unspecified atom stereocenters. The number of anilines is 5. The number of rotatable bonds is 5. The molecule has 2 heterocycles. The van der Waals surface area contributed by atoms with Crippen molar-refractivity contribution < 1.29 is 0 Å². The number of thiocyanates is 4. The second kappa shape index (κ2) is 11.6. The van der Waals surface area contributed by atoms with Gasteiger partial charge < -0.3 is 10.2 Å². The topological polar surface area (TPSA) is 110 Å². The van der Waals surface area contributed by atoms with Gasteiger partial charge in [0.05, 0.1) is 28.4 Å². The fourth-order valence-electron chi connectivity index (χ4n) is 4.39. The molecule has 0 saturated carbocycles. The Morgan fingerprint density at radius 1 is 0.525 bits per heavy atom. The first-order valence-corrected chi connectivity index (χ1v) is 16.3. The summed E-state index contributed by atoms with van der Waals surface area (Å²) in [6.45, 7) is 0. The molecule has 0 radical (unpaired) electrons. The van der Waals surface area contributed by atoms with Gasteiger partial charge >= 0.3 is 0 Å². The van der Waals surface area contributed by atoms with Crippen molar-refractivity contribution in [2.45, 2.75) is 39.2 Å². The highest BCUT2D eigenvalue weighted by Gasteiger charge is 2.30. The molecule has 6 nitrogen and oxygen atoms in total. The van der Waals surface area contributed by atoms with E-state index in [0.29, 0.717) is 0 Å². The van der Waals surface area contributed by atoms with Crippen molar-refractivity contribution in [1.29, 1.82) is 21.0 Å². The van der Waals surface area contributed by atoms with E-state index in [0.717, 1.165) is 115 Å². The van der Waals surface area contributed by atoms with Crippen LogP contribution in [0.2, 0.25) is 0 Å². The highest BCUT2D eigenvalue weighted by Crippen LogP contribution is 2.57. The molecule has 0 fully saturated rings. The van der Waals surface area contributed by atoms with Crippen LogP contribution in [0.15, 0.2) is 106 Å². The number of nitrogens with one attached hydrogen (secondary N) is 1. The first kappa shape index (κ1) is 26.7. The largest absolute Gasteiger partial charge is 0.352 e. The smallest absolute Gasteiger partial charge is 0.138 e. The van der Waals surface area contributed by atoms with Gasteiger partial charge in [0, 0.05) is 39.2 Å². The third-order valence-electron chi connectivity index (χ3n) is 5.95. The molecular weight excluding hydrogens is 613 g/mol. The summed E-state index contributed by atoms with van der Waals surface area (Å²) in [5.74, 6) is 0. The molecule has 190 valence electrons. The Balaban J connectivity index is 1.55. The van der Waals surface area contributed by atoms with E-state index >= 15 is 0 Å². The molecule has 0 spiro atoms. The van der Waals surface area contributed by atoms with Gasteiger partial charge in [-0.1, -0.05) is 23.5 Å². The second-order valence-electron chi connectivity index (χ2n) is 8.17. The van der Waals surface area contributed by atoms with E-state index in [2.05, 4.69) is 31.8 Å². The van der Waals surface area contributed by atoms with Crippen LogP contribution in [0.3, 0.4) is 0 Å². The van der Waals surface area contributed by atoms with Gasteiger partial charge in [-0.25, -0.2) is 0 Å². The van der Waals surface area contributed by atoms with Crippen LogP contribution in [0.25, 0.3) is 0 Å². The standard InChI is InChI=1S/C28H12N6S6/c29-12-35-16-1-4-20-24(8-16)39-27-11-19(38-15-32)7-23(28(27)33-20)34-21-5-2-17(36-13-30)9-25(21)40-26-10-18(37-14-31)3-6-22(26)34/h1-11,33H. The summed E-state index contributed by atoms with van der Waals surface area (Å²) < 4.78 is 0. The molecule has 0 aliphatic carbocycles. The summed E-state index contributed by atoms with van der Waals surface area (Å²) in [5.41, 5.74) is 4.65. The highest BCUT2D eigenvalue weighted by atomic mass is 32.2. The van der Waals surface area contributed by atoms with Crippen LogP contribution in [0.4, 0.5) is 28.4 Å². The predicted octanol–water partition coefficient (Wildman–Crippen LogP) is 10.1. The molecule has 4 aromatic rings. The fourth-order valence-corrected chi connectivity index (χ4v) is 8.63. The molecule has 4 aromatic carbocycles. The Bertz CT molecular complexity index is 1800. The summed E-state index contributed by atoms with van der Waals surface area (Å²) in [7, 11) is 0. The van der Waals surface area contributed by atoms with Crippen LogP contribution in [0.5, 0.6) is 0 Å². The lowest BCUT2D eigenvalue weighted by Gasteiger charge is -2.36. The molecule has 2 aliphatic heterocycles. The van der Waals surface area contributed by atoms with E-state index < -0.39 is 0 Å². The predicted molar refractivity (Wildman–Crippen MR) is 165 cm³/mol. The Hall–Kier alpha value is -3.46. The molecule has 40 heavy (non-hydrogen) atoms. The zero-order chi connectivity index (χ0) is 27.6. The summed E-state index contributed by atoms with van der Waals surface area (Å²) in [4.78, 5) is 9.51. The fraction of sp³-hybridized carbons (Fsp3) is 0. The Labute approximate surface area is 256 Å². The van der Waals surface area contributed by atoms with Gasteiger partial charge in [-0.2, -0.15) is 21.0 Å². The van der Waals surface area contributed by atoms with E-state index in [-0.39, 0.29) is 0 Å². The normalized spacial score (nSPS) is 12.2. The molecule has 0 amide bonds. The van der Waals surface area contributed by atoms with Gasteiger partial charge in [-0.05, 0) is 114 Å². The number of nitrogens with zero attached hydrogens (tertiary/aromatic N) is 5. The van der Waals surface area contributed by atoms with Gasteiger partial charge in [0.1, 0.15) is 21.6 Å². The third-order valence-corrected chi connectivity index (χ3v) is 10.4. The summed E-state index contributed by atoms with van der Waals surface area (Å²) in [6, 6.07) is 21.9. The summed E-state index contributed by atoms with van der Waals surface area (Å²) in [5, 5.41) is 49.4. The number of thioether (sulfide) groups is 4. The lowest BCUT2D eigenvalue weighted by Crippen LogP contribution is -2.17. The maximum absolute atomic E-state index is 9.54. The Morgan fingerprint density at radius 3 is 1.57 bits per heavy atom. The van der Waals surface area contributed by atoms with Gasteiger partial charge in [-0.3, -0.25) is 0 Å². The quantitative estimate of drug-likeness (QED) is 0.145. The number of hydrogen-bond donors (Lipinski definition) is 1. The van der Waals surface area contributed by atoms with E-state index in [1.807, 2.05) is 66.7 Å². The number of hydrogen-bond acceptors (Lipinski definition) is 12. The summed E-state index contributed by atoms with van der Waals surface area (Å²) >= 11 is 7.67. The Kier molecular flexibility index (Phi) is 7.74. The minimum Gasteiger partial charge on any atom is -0.352 e. The van der Waals surface area contributed by atoms with E-state index in [1.165, 1.54) is 0 Å². The van der Waals surface area contributed by atoms with Crippen LogP contribution in [-0.2, 0) is 0 Å². The maximum atomic E-state index is 9.54. The molecular formula is C28H12N6S6. The number of fused-ring (bicyclic) bond motifs is 4. The zero-order valence-corrected chi connectivity index (χ0v) is 24.9. The third kappa shape index (κ3) is 5.07. The van der Waals surface area contributed by atoms with Crippen molar-refractivity contribution in [3.63, 3.8) is 0 Å². The van der Waals surface area contributed by atoms with Crippen molar-refractivity contribution in [2.75, 3.05) is 10.2 Å². The average molecular weight is 625 g/mol. The van der Waals surface area contributed by atoms with Crippen molar-refractivity contribution >= 4 is 99.0 Å². The minimum absolute atomic E-state index is 0.811. The van der Waals surface area contributed by atoms with Crippen LogP contribution >= 0.6 is 70.6 Å². The first-order valence-electron chi connectivity index (χ1n) is 11.4. The maximum Gasteiger partial charge on any atom is 0.138 e. The molecule has 0 aromatic heterocycles. The van der Waals surface area contributed by atoms with E-state index in [1.54, 1.807) is 23.5 Å². The molecule has 0 atom stereocenters. The van der Waals surface area contributed by atoms with Gasteiger partial charge in [0.25, 0.3) is 0 Å². The lowest BCUT2D eigenvalue weighted by molar-refractivity contribution is 1.12. The van der Waals surface area contributed by atoms with Gasteiger partial charge in [0.2, 0.25) is 0 Å². The van der Waals surface area contributed by atoms with Crippen molar-refractivity contribution in [3.05, 3.63) is 66.7 Å². The number of benzene rings is 4. The van der Waals surface area contributed by atoms with Gasteiger partial charge in [-0.15, -0.1) is 0 Å². The Morgan fingerprint density at radius 2 is 1.00 bits per heavy atom. The van der Waals surface area contributed by atoms with Crippen LogP contribution in [0, 0.1) is 42.7 Å². The van der Waals surface area contributed by atoms with Crippen molar-refractivity contribution in [2.24, 2.45) is 0 Å². The zero-order valence-electron chi connectivity index (χ0n) is 20.0. The first-order chi connectivity index (χ1) is 19.6. The van der Waals surface area contributed by atoms with E-state index in [9.17, 15) is 15.8 Å². The molecule has 12 heteroatoms. The SMILES string of the molecule is N#CSc1ccc2c(c1)Sc1cc(SC#N)cc(N3c4ccc(SC#N)cc4Sc4cc(SC#N)ccc43)c1N2. The average Bonchev–Trinajstić information content (AvgIpc) is 2.95. The molecule has 0 saturated heterocycles. The number of nitriles is 4.